The van der Waals surface area contributed by atoms with Crippen LogP contribution in [0, 0.1) is 5.92 Å². The molecule has 1 aliphatic heterocycles. The quantitative estimate of drug-likeness (QED) is 0.749. The summed E-state index contributed by atoms with van der Waals surface area (Å²) in [4.78, 5) is 2.73. The van der Waals surface area contributed by atoms with Crippen molar-refractivity contribution in [3.63, 3.8) is 0 Å². The van der Waals surface area contributed by atoms with E-state index in [0.717, 1.165) is 12.0 Å². The first-order valence-corrected chi connectivity index (χ1v) is 7.16. The SMILES string of the molecule is CCCCN1CC(C(C)C)NCC1CCC. The van der Waals surface area contributed by atoms with Gasteiger partial charge in [0.15, 0.2) is 0 Å². The fourth-order valence-corrected chi connectivity index (χ4v) is 2.58. The van der Waals surface area contributed by atoms with Crippen LogP contribution in [0.2, 0.25) is 0 Å². The normalized spacial score (nSPS) is 27.6. The minimum atomic E-state index is 0.699. The Morgan fingerprint density at radius 1 is 1.25 bits per heavy atom. The summed E-state index contributed by atoms with van der Waals surface area (Å²) >= 11 is 0. The molecule has 2 atom stereocenters. The van der Waals surface area contributed by atoms with Crippen molar-refractivity contribution in [3.8, 4) is 0 Å². The number of nitrogens with one attached hydrogen (secondary N) is 1. The average molecular weight is 226 g/mol. The van der Waals surface area contributed by atoms with Crippen LogP contribution in [0.1, 0.15) is 53.4 Å². The summed E-state index contributed by atoms with van der Waals surface area (Å²) in [5, 5.41) is 3.72. The predicted octanol–water partition coefficient (Wildman–Crippen LogP) is 2.89. The second-order valence-corrected chi connectivity index (χ2v) is 5.55. The highest BCUT2D eigenvalue weighted by Crippen LogP contribution is 2.16. The van der Waals surface area contributed by atoms with Crippen molar-refractivity contribution in [2.45, 2.75) is 65.5 Å². The van der Waals surface area contributed by atoms with E-state index in [0.29, 0.717) is 6.04 Å². The van der Waals surface area contributed by atoms with Crippen LogP contribution < -0.4 is 5.32 Å². The number of unbranched alkanes of at least 4 members (excludes halogenated alkanes) is 1. The van der Waals surface area contributed by atoms with Crippen molar-refractivity contribution in [2.24, 2.45) is 5.92 Å². The van der Waals surface area contributed by atoms with Crippen LogP contribution in [0.5, 0.6) is 0 Å². The first-order valence-electron chi connectivity index (χ1n) is 7.16. The van der Waals surface area contributed by atoms with Gasteiger partial charge >= 0.3 is 0 Å². The van der Waals surface area contributed by atoms with Crippen molar-refractivity contribution >= 4 is 0 Å². The molecule has 0 aliphatic carbocycles. The summed E-state index contributed by atoms with van der Waals surface area (Å²) in [6.07, 6.45) is 5.32. The van der Waals surface area contributed by atoms with E-state index in [4.69, 9.17) is 0 Å². The largest absolute Gasteiger partial charge is 0.311 e. The molecular weight excluding hydrogens is 196 g/mol. The molecule has 1 rings (SSSR count). The van der Waals surface area contributed by atoms with E-state index in [1.807, 2.05) is 0 Å². The highest BCUT2D eigenvalue weighted by Gasteiger charge is 2.27. The maximum absolute atomic E-state index is 3.72. The molecule has 1 saturated heterocycles. The van der Waals surface area contributed by atoms with Crippen molar-refractivity contribution in [2.75, 3.05) is 19.6 Å². The Morgan fingerprint density at radius 2 is 2.00 bits per heavy atom. The molecule has 2 nitrogen and oxygen atoms in total. The zero-order valence-corrected chi connectivity index (χ0v) is 11.6. The molecule has 96 valence electrons. The monoisotopic (exact) mass is 226 g/mol. The lowest BCUT2D eigenvalue weighted by atomic mass is 9.97. The lowest BCUT2D eigenvalue weighted by Gasteiger charge is -2.42. The molecule has 1 fully saturated rings. The number of hydrogen-bond acceptors (Lipinski definition) is 2. The molecule has 0 bridgehead atoms. The van der Waals surface area contributed by atoms with Crippen LogP contribution >= 0.6 is 0 Å². The molecule has 1 N–H and O–H groups in total. The number of hydrogen-bond donors (Lipinski definition) is 1. The molecule has 0 aromatic heterocycles. The second-order valence-electron chi connectivity index (χ2n) is 5.55. The highest BCUT2D eigenvalue weighted by molar-refractivity contribution is 4.87. The van der Waals surface area contributed by atoms with E-state index in [2.05, 4.69) is 37.9 Å². The van der Waals surface area contributed by atoms with Gasteiger partial charge in [0.25, 0.3) is 0 Å². The van der Waals surface area contributed by atoms with Gasteiger partial charge in [0.05, 0.1) is 0 Å². The molecule has 2 unspecified atom stereocenters. The van der Waals surface area contributed by atoms with Gasteiger partial charge in [-0.2, -0.15) is 0 Å². The van der Waals surface area contributed by atoms with E-state index < -0.39 is 0 Å². The Balaban J connectivity index is 2.47. The highest BCUT2D eigenvalue weighted by atomic mass is 15.2. The Morgan fingerprint density at radius 3 is 2.56 bits per heavy atom. The molecule has 0 amide bonds. The summed E-state index contributed by atoms with van der Waals surface area (Å²) in [5.41, 5.74) is 0. The van der Waals surface area contributed by atoms with Gasteiger partial charge in [0.2, 0.25) is 0 Å². The fraction of sp³-hybridized carbons (Fsp3) is 1.00. The minimum Gasteiger partial charge on any atom is -0.311 e. The van der Waals surface area contributed by atoms with Crippen LogP contribution in [-0.2, 0) is 0 Å². The van der Waals surface area contributed by atoms with Crippen molar-refractivity contribution < 1.29 is 0 Å². The first-order chi connectivity index (χ1) is 7.69. The molecule has 1 aliphatic rings. The zero-order chi connectivity index (χ0) is 12.0. The van der Waals surface area contributed by atoms with Gasteiger partial charge in [-0.3, -0.25) is 4.90 Å². The molecule has 1 heterocycles. The van der Waals surface area contributed by atoms with Gasteiger partial charge in [-0.25, -0.2) is 0 Å². The standard InChI is InChI=1S/C14H30N2/c1-5-7-9-16-11-14(12(3)4)15-10-13(16)8-6-2/h12-15H,5-11H2,1-4H3. The van der Waals surface area contributed by atoms with E-state index in [1.165, 1.54) is 45.3 Å². The van der Waals surface area contributed by atoms with Gasteiger partial charge in [0, 0.05) is 25.2 Å². The molecule has 0 spiro atoms. The number of piperazine rings is 1. The summed E-state index contributed by atoms with van der Waals surface area (Å²) in [7, 11) is 0. The Kier molecular flexibility index (Phi) is 6.37. The van der Waals surface area contributed by atoms with Gasteiger partial charge in [-0.1, -0.05) is 40.5 Å². The fourth-order valence-electron chi connectivity index (χ4n) is 2.58. The third kappa shape index (κ3) is 4.06. The van der Waals surface area contributed by atoms with E-state index in [-0.39, 0.29) is 0 Å². The van der Waals surface area contributed by atoms with Crippen LogP contribution in [0.25, 0.3) is 0 Å². The summed E-state index contributed by atoms with van der Waals surface area (Å²) in [6, 6.07) is 1.48. The molecule has 16 heavy (non-hydrogen) atoms. The number of nitrogens with zero attached hydrogens (tertiary/aromatic N) is 1. The van der Waals surface area contributed by atoms with Crippen LogP contribution in [0.15, 0.2) is 0 Å². The molecule has 0 saturated carbocycles. The topological polar surface area (TPSA) is 15.3 Å². The van der Waals surface area contributed by atoms with Crippen LogP contribution in [0.4, 0.5) is 0 Å². The lowest BCUT2D eigenvalue weighted by Crippen LogP contribution is -2.58. The minimum absolute atomic E-state index is 0.699. The van der Waals surface area contributed by atoms with Gasteiger partial charge in [0.1, 0.15) is 0 Å². The first kappa shape index (κ1) is 14.0. The second kappa shape index (κ2) is 7.29. The molecule has 0 radical (unpaired) electrons. The summed E-state index contributed by atoms with van der Waals surface area (Å²) in [5.74, 6) is 0.756. The van der Waals surface area contributed by atoms with Gasteiger partial charge < -0.3 is 5.32 Å². The van der Waals surface area contributed by atoms with Crippen LogP contribution in [0.3, 0.4) is 0 Å². The van der Waals surface area contributed by atoms with Crippen molar-refractivity contribution in [3.05, 3.63) is 0 Å². The third-order valence-corrected chi connectivity index (χ3v) is 3.79. The lowest BCUT2D eigenvalue weighted by molar-refractivity contribution is 0.105. The van der Waals surface area contributed by atoms with Gasteiger partial charge in [-0.05, 0) is 25.3 Å². The summed E-state index contributed by atoms with van der Waals surface area (Å²) < 4.78 is 0. The Labute approximate surface area is 102 Å². The van der Waals surface area contributed by atoms with Crippen LogP contribution in [-0.4, -0.2) is 36.6 Å². The van der Waals surface area contributed by atoms with E-state index >= 15 is 0 Å². The smallest absolute Gasteiger partial charge is 0.0221 e. The number of rotatable bonds is 6. The average Bonchev–Trinajstić information content (AvgIpc) is 2.27. The van der Waals surface area contributed by atoms with E-state index in [9.17, 15) is 0 Å². The molecule has 0 aromatic rings. The predicted molar refractivity (Wildman–Crippen MR) is 71.8 cm³/mol. The molecule has 0 aromatic carbocycles. The zero-order valence-electron chi connectivity index (χ0n) is 11.6. The third-order valence-electron chi connectivity index (χ3n) is 3.79. The van der Waals surface area contributed by atoms with Crippen molar-refractivity contribution in [1.29, 1.82) is 0 Å². The van der Waals surface area contributed by atoms with E-state index in [1.54, 1.807) is 0 Å². The summed E-state index contributed by atoms with van der Waals surface area (Å²) in [6.45, 7) is 13.0. The molecular formula is C14H30N2. The molecule has 2 heteroatoms. The Bertz CT molecular complexity index is 180. The maximum Gasteiger partial charge on any atom is 0.0221 e. The van der Waals surface area contributed by atoms with Crippen molar-refractivity contribution in [1.82, 2.24) is 10.2 Å². The maximum atomic E-state index is 3.72. The Hall–Kier alpha value is -0.0800. The van der Waals surface area contributed by atoms with Gasteiger partial charge in [-0.15, -0.1) is 0 Å².